The third-order valence-electron chi connectivity index (χ3n) is 5.16. The zero-order valence-electron chi connectivity index (χ0n) is 17.8. The summed E-state index contributed by atoms with van der Waals surface area (Å²) in [6.07, 6.45) is 2.01. The number of anilines is 1. The highest BCUT2D eigenvalue weighted by molar-refractivity contribution is 7.93. The Morgan fingerprint density at radius 1 is 1.17 bits per heavy atom. The maximum Gasteiger partial charge on any atom is 0.235 e. The molecular weight excluding hydrogens is 398 g/mol. The number of sulfonamides is 1. The largest absolute Gasteiger partial charge is 0.497 e. The van der Waals surface area contributed by atoms with Crippen LogP contribution >= 0.6 is 0 Å². The van der Waals surface area contributed by atoms with Gasteiger partial charge in [0, 0.05) is 23.7 Å². The zero-order valence-corrected chi connectivity index (χ0v) is 18.6. The molecule has 3 aromatic rings. The number of nitrogens with one attached hydrogen (secondary N) is 1. The van der Waals surface area contributed by atoms with Crippen LogP contribution in [0.25, 0.3) is 22.2 Å². The monoisotopic (exact) mass is 425 g/mol. The Kier molecular flexibility index (Phi) is 6.37. The summed E-state index contributed by atoms with van der Waals surface area (Å²) in [5.41, 5.74) is 3.78. The van der Waals surface area contributed by atoms with Gasteiger partial charge in [0.05, 0.1) is 29.1 Å². The van der Waals surface area contributed by atoms with Crippen molar-refractivity contribution in [2.45, 2.75) is 45.4 Å². The Morgan fingerprint density at radius 3 is 2.43 bits per heavy atom. The van der Waals surface area contributed by atoms with Gasteiger partial charge in [-0.15, -0.1) is 0 Å². The van der Waals surface area contributed by atoms with Crippen LogP contribution in [-0.4, -0.2) is 25.3 Å². The molecule has 1 aromatic heterocycles. The molecule has 2 aromatic carbocycles. The van der Waals surface area contributed by atoms with E-state index in [4.69, 9.17) is 4.74 Å². The Balaban J connectivity index is 2.13. The molecule has 0 fully saturated rings. The fraction of sp³-hybridized carbons (Fsp3) is 0.348. The van der Waals surface area contributed by atoms with Gasteiger partial charge < -0.3 is 9.30 Å². The number of nitriles is 1. The van der Waals surface area contributed by atoms with Crippen molar-refractivity contribution in [2.24, 2.45) is 0 Å². The molecule has 1 N–H and O–H groups in total. The smallest absolute Gasteiger partial charge is 0.235 e. The molecule has 0 unspecified atom stereocenters. The lowest BCUT2D eigenvalue weighted by Gasteiger charge is -2.13. The van der Waals surface area contributed by atoms with Crippen molar-refractivity contribution in [1.29, 1.82) is 5.26 Å². The quantitative estimate of drug-likeness (QED) is 0.542. The number of ether oxygens (including phenoxy) is 1. The van der Waals surface area contributed by atoms with E-state index in [0.29, 0.717) is 11.3 Å². The molecule has 0 aliphatic carbocycles. The average molecular weight is 426 g/mol. The minimum atomic E-state index is -3.41. The molecule has 0 spiro atoms. The van der Waals surface area contributed by atoms with Crippen molar-refractivity contribution in [1.82, 2.24) is 4.57 Å². The van der Waals surface area contributed by atoms with E-state index in [1.165, 1.54) is 0 Å². The molecule has 158 valence electrons. The van der Waals surface area contributed by atoms with E-state index in [9.17, 15) is 13.7 Å². The molecule has 0 saturated heterocycles. The summed E-state index contributed by atoms with van der Waals surface area (Å²) in [5, 5.41) is 10.3. The van der Waals surface area contributed by atoms with Gasteiger partial charge in [0.15, 0.2) is 0 Å². The molecule has 0 amide bonds. The number of rotatable bonds is 8. The second-order valence-electron chi connectivity index (χ2n) is 7.50. The van der Waals surface area contributed by atoms with E-state index >= 15 is 0 Å². The minimum Gasteiger partial charge on any atom is -0.497 e. The predicted molar refractivity (Wildman–Crippen MR) is 121 cm³/mol. The van der Waals surface area contributed by atoms with Gasteiger partial charge in [-0.25, -0.2) is 8.42 Å². The molecule has 0 radical (unpaired) electrons. The highest BCUT2D eigenvalue weighted by atomic mass is 32.2. The summed E-state index contributed by atoms with van der Waals surface area (Å²) in [7, 11) is -1.78. The van der Waals surface area contributed by atoms with Crippen molar-refractivity contribution >= 4 is 26.6 Å². The second kappa shape index (κ2) is 8.80. The predicted octanol–water partition coefficient (Wildman–Crippen LogP) is 5.14. The normalized spacial score (nSPS) is 11.6. The molecule has 0 atom stereocenters. The lowest BCUT2D eigenvalue weighted by Crippen LogP contribution is -2.22. The van der Waals surface area contributed by atoms with Gasteiger partial charge in [-0.3, -0.25) is 4.72 Å². The highest BCUT2D eigenvalue weighted by Gasteiger charge is 2.20. The first-order chi connectivity index (χ1) is 14.3. The average Bonchev–Trinajstić information content (AvgIpc) is 3.04. The number of fused-ring (bicyclic) bond motifs is 1. The number of benzene rings is 2. The Morgan fingerprint density at radius 2 is 1.87 bits per heavy atom. The molecule has 1 heterocycles. The number of unbranched alkanes of at least 4 members (excludes halogenated alkanes) is 1. The fourth-order valence-corrected chi connectivity index (χ4v) is 4.10. The molecule has 0 aliphatic heterocycles. The fourth-order valence-electron chi connectivity index (χ4n) is 3.40. The van der Waals surface area contributed by atoms with Gasteiger partial charge in [0.2, 0.25) is 10.0 Å². The summed E-state index contributed by atoms with van der Waals surface area (Å²) in [4.78, 5) is 0. The van der Waals surface area contributed by atoms with E-state index in [0.717, 1.165) is 47.3 Å². The SMILES string of the molecule is CCCCn1c(-c2ccc(NS(=O)(=O)C(C)C)cc2)c(C#N)c2ccc(OC)cc21. The van der Waals surface area contributed by atoms with E-state index in [2.05, 4.69) is 22.3 Å². The van der Waals surface area contributed by atoms with Crippen molar-refractivity contribution in [2.75, 3.05) is 11.8 Å². The topological polar surface area (TPSA) is 84.1 Å². The Bertz CT molecular complexity index is 1190. The molecular formula is C23H27N3O3S. The first-order valence-corrected chi connectivity index (χ1v) is 11.6. The van der Waals surface area contributed by atoms with E-state index in [1.54, 1.807) is 33.1 Å². The minimum absolute atomic E-state index is 0.504. The summed E-state index contributed by atoms with van der Waals surface area (Å²) in [6, 6.07) is 15.3. The van der Waals surface area contributed by atoms with Gasteiger partial charge in [0.1, 0.15) is 11.8 Å². The Labute approximate surface area is 178 Å². The number of aryl methyl sites for hydroxylation is 1. The third kappa shape index (κ3) is 4.14. The highest BCUT2D eigenvalue weighted by Crippen LogP contribution is 2.36. The molecule has 30 heavy (non-hydrogen) atoms. The number of hydrogen-bond acceptors (Lipinski definition) is 4. The maximum atomic E-state index is 12.1. The number of aromatic nitrogens is 1. The molecule has 7 heteroatoms. The summed E-state index contributed by atoms with van der Waals surface area (Å²) in [6.45, 7) is 6.18. The first kappa shape index (κ1) is 21.7. The van der Waals surface area contributed by atoms with Crippen LogP contribution < -0.4 is 9.46 Å². The first-order valence-electron chi connectivity index (χ1n) is 10.0. The van der Waals surface area contributed by atoms with Gasteiger partial charge in [-0.2, -0.15) is 5.26 Å². The van der Waals surface area contributed by atoms with Crippen molar-refractivity contribution in [3.8, 4) is 23.1 Å². The molecule has 0 aliphatic rings. The van der Waals surface area contributed by atoms with Crippen LogP contribution in [0.5, 0.6) is 5.75 Å². The number of nitrogens with zero attached hydrogens (tertiary/aromatic N) is 2. The lowest BCUT2D eigenvalue weighted by molar-refractivity contribution is 0.415. The van der Waals surface area contributed by atoms with Crippen LogP contribution in [0, 0.1) is 11.3 Å². The number of hydrogen-bond donors (Lipinski definition) is 1. The summed E-state index contributed by atoms with van der Waals surface area (Å²) < 4.78 is 34.4. The van der Waals surface area contributed by atoms with Crippen LogP contribution in [0.3, 0.4) is 0 Å². The van der Waals surface area contributed by atoms with Crippen molar-refractivity contribution < 1.29 is 13.2 Å². The standard InChI is InChI=1S/C23H27N3O3S/c1-5-6-13-26-22-14-19(29-4)11-12-20(22)21(15-24)23(26)17-7-9-18(10-8-17)25-30(27,28)16(2)3/h7-12,14,16,25H,5-6,13H2,1-4H3. The molecule has 6 nitrogen and oxygen atoms in total. The Hall–Kier alpha value is -2.98. The third-order valence-corrected chi connectivity index (χ3v) is 6.92. The van der Waals surface area contributed by atoms with Gasteiger partial charge in [-0.1, -0.05) is 25.5 Å². The van der Waals surface area contributed by atoms with E-state index < -0.39 is 15.3 Å². The van der Waals surface area contributed by atoms with Crippen LogP contribution in [0.1, 0.15) is 39.2 Å². The van der Waals surface area contributed by atoms with Crippen LogP contribution in [0.15, 0.2) is 42.5 Å². The lowest BCUT2D eigenvalue weighted by atomic mass is 10.1. The van der Waals surface area contributed by atoms with Crippen molar-refractivity contribution in [3.63, 3.8) is 0 Å². The second-order valence-corrected chi connectivity index (χ2v) is 9.73. The van der Waals surface area contributed by atoms with Gasteiger partial charge >= 0.3 is 0 Å². The van der Waals surface area contributed by atoms with Gasteiger partial charge in [-0.05, 0) is 50.1 Å². The number of methoxy groups -OCH3 is 1. The molecule has 3 rings (SSSR count). The maximum absolute atomic E-state index is 12.1. The van der Waals surface area contributed by atoms with E-state index in [-0.39, 0.29) is 0 Å². The molecule has 0 saturated carbocycles. The summed E-state index contributed by atoms with van der Waals surface area (Å²) in [5.74, 6) is 0.743. The zero-order chi connectivity index (χ0) is 21.9. The van der Waals surface area contributed by atoms with Crippen LogP contribution in [0.4, 0.5) is 5.69 Å². The van der Waals surface area contributed by atoms with Crippen LogP contribution in [-0.2, 0) is 16.6 Å². The van der Waals surface area contributed by atoms with E-state index in [1.807, 2.05) is 30.3 Å². The summed E-state index contributed by atoms with van der Waals surface area (Å²) >= 11 is 0. The van der Waals surface area contributed by atoms with Crippen LogP contribution in [0.2, 0.25) is 0 Å². The molecule has 0 bridgehead atoms. The van der Waals surface area contributed by atoms with Crippen molar-refractivity contribution in [3.05, 3.63) is 48.0 Å². The van der Waals surface area contributed by atoms with Gasteiger partial charge in [0.25, 0.3) is 0 Å².